The van der Waals surface area contributed by atoms with Crippen LogP contribution in [0.3, 0.4) is 0 Å². The smallest absolute Gasteiger partial charge is 0.317 e. The van der Waals surface area contributed by atoms with Gasteiger partial charge in [-0.15, -0.1) is 0 Å². The van der Waals surface area contributed by atoms with Gasteiger partial charge in [0.25, 0.3) is 0 Å². The van der Waals surface area contributed by atoms with Crippen LogP contribution < -0.4 is 15.4 Å². The van der Waals surface area contributed by atoms with E-state index in [1.54, 1.807) is 36.4 Å². The molecule has 0 bridgehead atoms. The van der Waals surface area contributed by atoms with Crippen molar-refractivity contribution in [3.05, 3.63) is 63.9 Å². The van der Waals surface area contributed by atoms with Crippen molar-refractivity contribution < 1.29 is 13.9 Å². The maximum Gasteiger partial charge on any atom is 0.317 e. The number of hydrogen-bond acceptors (Lipinski definition) is 2. The molecule has 0 aliphatic rings. The normalized spacial score (nSPS) is 10.2. The fraction of sp³-hybridized carbons (Fsp3) is 0.188. The third-order valence-electron chi connectivity index (χ3n) is 2.99. The van der Waals surface area contributed by atoms with Crippen LogP contribution in [0.5, 0.6) is 5.75 Å². The van der Waals surface area contributed by atoms with Gasteiger partial charge in [0, 0.05) is 11.6 Å². The molecule has 122 valence electrons. The summed E-state index contributed by atoms with van der Waals surface area (Å²) < 4.78 is 18.7. The Labute approximate surface area is 143 Å². The van der Waals surface area contributed by atoms with E-state index in [0.29, 0.717) is 34.3 Å². The van der Waals surface area contributed by atoms with Gasteiger partial charge >= 0.3 is 6.03 Å². The number of carbonyl (C=O) groups is 1. The quantitative estimate of drug-likeness (QED) is 0.768. The second-order valence-electron chi connectivity index (χ2n) is 4.64. The van der Waals surface area contributed by atoms with E-state index in [9.17, 15) is 9.18 Å². The molecule has 0 unspecified atom stereocenters. The third-order valence-corrected chi connectivity index (χ3v) is 3.52. The number of hydrogen-bond donors (Lipinski definition) is 2. The zero-order valence-corrected chi connectivity index (χ0v) is 13.6. The Morgan fingerprint density at radius 1 is 1.13 bits per heavy atom. The minimum atomic E-state index is -0.411. The van der Waals surface area contributed by atoms with Crippen molar-refractivity contribution in [2.24, 2.45) is 0 Å². The first-order valence-electron chi connectivity index (χ1n) is 6.89. The molecule has 0 aromatic heterocycles. The van der Waals surface area contributed by atoms with E-state index in [2.05, 4.69) is 10.6 Å². The van der Waals surface area contributed by atoms with Crippen LogP contribution in [-0.2, 0) is 6.42 Å². The predicted molar refractivity (Wildman–Crippen MR) is 88.6 cm³/mol. The number of carbonyl (C=O) groups excluding carboxylic acids is 1. The van der Waals surface area contributed by atoms with E-state index in [0.717, 1.165) is 0 Å². The summed E-state index contributed by atoms with van der Waals surface area (Å²) in [5.41, 5.74) is 0.553. The van der Waals surface area contributed by atoms with Crippen LogP contribution in [0.25, 0.3) is 0 Å². The topological polar surface area (TPSA) is 50.4 Å². The van der Waals surface area contributed by atoms with Crippen molar-refractivity contribution in [2.45, 2.75) is 6.42 Å². The van der Waals surface area contributed by atoms with Crippen molar-refractivity contribution >= 4 is 29.2 Å². The molecule has 0 atom stereocenters. The van der Waals surface area contributed by atoms with Gasteiger partial charge in [0.05, 0.1) is 5.02 Å². The minimum Gasteiger partial charge on any atom is -0.472 e. The van der Waals surface area contributed by atoms with Crippen LogP contribution in [0.4, 0.5) is 9.18 Å². The minimum absolute atomic E-state index is 0.0487. The zero-order valence-electron chi connectivity index (χ0n) is 12.1. The maximum absolute atomic E-state index is 13.4. The van der Waals surface area contributed by atoms with Crippen molar-refractivity contribution in [1.82, 2.24) is 10.6 Å². The Hall–Kier alpha value is -1.98. The molecule has 0 spiro atoms. The monoisotopic (exact) mass is 356 g/mol. The standard InChI is InChI=1S/C16H15Cl2FN2O2/c17-12-5-6-15(13(18)9-12)23-10-21-16(22)20-8-7-11-3-1-2-4-14(11)19/h1-6,9H,7-8,10H2,(H2,20,21,22). The molecule has 0 saturated heterocycles. The van der Waals surface area contributed by atoms with Gasteiger partial charge in [-0.2, -0.15) is 0 Å². The summed E-state index contributed by atoms with van der Waals surface area (Å²) in [7, 11) is 0. The molecule has 0 heterocycles. The molecular weight excluding hydrogens is 342 g/mol. The Balaban J connectivity index is 1.68. The van der Waals surface area contributed by atoms with Gasteiger partial charge in [-0.3, -0.25) is 0 Å². The number of urea groups is 1. The largest absolute Gasteiger partial charge is 0.472 e. The summed E-state index contributed by atoms with van der Waals surface area (Å²) in [5.74, 6) is 0.137. The maximum atomic E-state index is 13.4. The van der Waals surface area contributed by atoms with Crippen molar-refractivity contribution in [1.29, 1.82) is 0 Å². The molecule has 0 fully saturated rings. The highest BCUT2D eigenvalue weighted by Gasteiger charge is 2.05. The first kappa shape index (κ1) is 17.4. The average Bonchev–Trinajstić information content (AvgIpc) is 2.51. The number of benzene rings is 2. The van der Waals surface area contributed by atoms with Crippen LogP contribution in [0.2, 0.25) is 10.0 Å². The van der Waals surface area contributed by atoms with E-state index in [4.69, 9.17) is 27.9 Å². The van der Waals surface area contributed by atoms with Crippen LogP contribution in [0.15, 0.2) is 42.5 Å². The van der Waals surface area contributed by atoms with Crippen molar-refractivity contribution in [2.75, 3.05) is 13.3 Å². The molecule has 2 N–H and O–H groups in total. The number of ether oxygens (including phenoxy) is 1. The third kappa shape index (κ3) is 5.62. The summed E-state index contributed by atoms with van der Waals surface area (Å²) in [6.07, 6.45) is 0.407. The summed E-state index contributed by atoms with van der Waals surface area (Å²) in [5, 5.41) is 6.00. The molecule has 0 aliphatic carbocycles. The Morgan fingerprint density at radius 3 is 2.65 bits per heavy atom. The zero-order chi connectivity index (χ0) is 16.7. The predicted octanol–water partition coefficient (Wildman–Crippen LogP) is 4.01. The lowest BCUT2D eigenvalue weighted by molar-refractivity contribution is 0.224. The second-order valence-corrected chi connectivity index (χ2v) is 5.48. The first-order valence-corrected chi connectivity index (χ1v) is 7.65. The van der Waals surface area contributed by atoms with Crippen molar-refractivity contribution in [3.8, 4) is 5.75 Å². The number of halogens is 3. The van der Waals surface area contributed by atoms with E-state index in [1.807, 2.05) is 0 Å². The summed E-state index contributed by atoms with van der Waals surface area (Å²) in [6.45, 7) is 0.265. The van der Waals surface area contributed by atoms with E-state index >= 15 is 0 Å². The van der Waals surface area contributed by atoms with Crippen LogP contribution in [0, 0.1) is 5.82 Å². The lowest BCUT2D eigenvalue weighted by Gasteiger charge is -2.10. The Kier molecular flexibility index (Phi) is 6.50. The van der Waals surface area contributed by atoms with E-state index in [1.165, 1.54) is 6.07 Å². The van der Waals surface area contributed by atoms with Gasteiger partial charge < -0.3 is 15.4 Å². The molecule has 4 nitrogen and oxygen atoms in total. The molecular formula is C16H15Cl2FN2O2. The lowest BCUT2D eigenvalue weighted by atomic mass is 10.1. The first-order chi connectivity index (χ1) is 11.1. The second kappa shape index (κ2) is 8.60. The number of amides is 2. The number of nitrogens with one attached hydrogen (secondary N) is 2. The highest BCUT2D eigenvalue weighted by atomic mass is 35.5. The van der Waals surface area contributed by atoms with Crippen LogP contribution in [-0.4, -0.2) is 19.3 Å². The summed E-state index contributed by atoms with van der Waals surface area (Å²) in [4.78, 5) is 11.6. The van der Waals surface area contributed by atoms with Gasteiger partial charge in [0.2, 0.25) is 0 Å². The van der Waals surface area contributed by atoms with Crippen LogP contribution in [0.1, 0.15) is 5.56 Å². The fourth-order valence-electron chi connectivity index (χ4n) is 1.85. The highest BCUT2D eigenvalue weighted by molar-refractivity contribution is 6.35. The SMILES string of the molecule is O=C(NCCc1ccccc1F)NCOc1ccc(Cl)cc1Cl. The molecule has 2 aromatic carbocycles. The van der Waals surface area contributed by atoms with Crippen LogP contribution >= 0.6 is 23.2 Å². The van der Waals surface area contributed by atoms with Gasteiger partial charge in [0.15, 0.2) is 6.73 Å². The number of rotatable bonds is 6. The fourth-order valence-corrected chi connectivity index (χ4v) is 2.31. The molecule has 0 aliphatic heterocycles. The highest BCUT2D eigenvalue weighted by Crippen LogP contribution is 2.27. The van der Waals surface area contributed by atoms with Gasteiger partial charge in [0.1, 0.15) is 11.6 Å². The van der Waals surface area contributed by atoms with Crippen molar-refractivity contribution in [3.63, 3.8) is 0 Å². The van der Waals surface area contributed by atoms with Gasteiger partial charge in [-0.1, -0.05) is 41.4 Å². The molecule has 0 radical (unpaired) electrons. The Morgan fingerprint density at radius 2 is 1.91 bits per heavy atom. The molecule has 23 heavy (non-hydrogen) atoms. The molecule has 0 saturated carbocycles. The Bertz CT molecular complexity index is 683. The van der Waals surface area contributed by atoms with Gasteiger partial charge in [-0.05, 0) is 36.2 Å². The molecule has 7 heteroatoms. The summed E-state index contributed by atoms with van der Waals surface area (Å²) >= 11 is 11.7. The lowest BCUT2D eigenvalue weighted by Crippen LogP contribution is -2.38. The summed E-state index contributed by atoms with van der Waals surface area (Å²) in [6, 6.07) is 10.8. The molecule has 2 amide bonds. The van der Waals surface area contributed by atoms with E-state index in [-0.39, 0.29) is 12.5 Å². The molecule has 2 aromatic rings. The van der Waals surface area contributed by atoms with E-state index < -0.39 is 6.03 Å². The average molecular weight is 357 g/mol. The van der Waals surface area contributed by atoms with Gasteiger partial charge in [-0.25, -0.2) is 9.18 Å². The molecule has 2 rings (SSSR count).